The Morgan fingerprint density at radius 3 is 2.79 bits per heavy atom. The van der Waals surface area contributed by atoms with E-state index in [1.165, 1.54) is 31.9 Å². The van der Waals surface area contributed by atoms with Crippen molar-refractivity contribution in [3.05, 3.63) is 22.8 Å². The van der Waals surface area contributed by atoms with Gasteiger partial charge in [-0.1, -0.05) is 24.4 Å². The van der Waals surface area contributed by atoms with Gasteiger partial charge in [-0.2, -0.15) is 0 Å². The Morgan fingerprint density at radius 1 is 1.47 bits per heavy atom. The summed E-state index contributed by atoms with van der Waals surface area (Å²) in [6.45, 7) is 2.07. The Labute approximate surface area is 118 Å². The smallest absolute Gasteiger partial charge is 0.253 e. The molecule has 1 amide bonds. The molecule has 1 aromatic heterocycles. The van der Waals surface area contributed by atoms with Gasteiger partial charge < -0.3 is 10.6 Å². The Bertz CT molecular complexity index is 458. The maximum atomic E-state index is 12.2. The summed E-state index contributed by atoms with van der Waals surface area (Å²) >= 11 is 6.04. The monoisotopic (exact) mass is 281 g/mol. The zero-order valence-corrected chi connectivity index (χ0v) is 12.1. The molecule has 1 heterocycles. The molecular formula is C14H20ClN3O. The number of amides is 1. The lowest BCUT2D eigenvalue weighted by Gasteiger charge is -2.20. The minimum absolute atomic E-state index is 0.122. The molecule has 0 aliphatic heterocycles. The largest absolute Gasteiger partial charge is 0.373 e. The van der Waals surface area contributed by atoms with Crippen molar-refractivity contribution in [3.63, 3.8) is 0 Å². The van der Waals surface area contributed by atoms with Crippen molar-refractivity contribution >= 4 is 23.3 Å². The fourth-order valence-corrected chi connectivity index (χ4v) is 2.80. The van der Waals surface area contributed by atoms with Crippen molar-refractivity contribution in [1.29, 1.82) is 0 Å². The van der Waals surface area contributed by atoms with Gasteiger partial charge in [-0.3, -0.25) is 4.79 Å². The molecule has 0 radical (unpaired) electrons. The summed E-state index contributed by atoms with van der Waals surface area (Å²) in [5, 5.41) is 6.34. The van der Waals surface area contributed by atoms with Crippen LogP contribution in [0.1, 0.15) is 43.0 Å². The van der Waals surface area contributed by atoms with Gasteiger partial charge >= 0.3 is 0 Å². The van der Waals surface area contributed by atoms with E-state index in [4.69, 9.17) is 11.6 Å². The zero-order valence-electron chi connectivity index (χ0n) is 11.4. The summed E-state index contributed by atoms with van der Waals surface area (Å²) in [5.41, 5.74) is 0.478. The van der Waals surface area contributed by atoms with E-state index in [2.05, 4.69) is 22.5 Å². The van der Waals surface area contributed by atoms with Gasteiger partial charge in [-0.15, -0.1) is 0 Å². The zero-order chi connectivity index (χ0) is 13.8. The normalized spacial score (nSPS) is 17.2. The first-order chi connectivity index (χ1) is 9.11. The van der Waals surface area contributed by atoms with Crippen LogP contribution >= 0.6 is 11.6 Å². The van der Waals surface area contributed by atoms with Gasteiger partial charge in [0.2, 0.25) is 0 Å². The molecule has 1 fully saturated rings. The third kappa shape index (κ3) is 3.38. The molecule has 1 aromatic rings. The van der Waals surface area contributed by atoms with Crippen LogP contribution in [-0.4, -0.2) is 24.0 Å². The molecule has 1 aliphatic carbocycles. The quantitative estimate of drug-likeness (QED) is 0.892. The number of pyridine rings is 1. The van der Waals surface area contributed by atoms with Crippen molar-refractivity contribution in [1.82, 2.24) is 10.3 Å². The third-order valence-electron chi connectivity index (χ3n) is 3.82. The molecule has 1 saturated carbocycles. The predicted molar refractivity (Wildman–Crippen MR) is 77.7 cm³/mol. The summed E-state index contributed by atoms with van der Waals surface area (Å²) < 4.78 is 0. The second-order valence-corrected chi connectivity index (χ2v) is 5.51. The van der Waals surface area contributed by atoms with Crippen molar-refractivity contribution < 1.29 is 4.79 Å². The third-order valence-corrected chi connectivity index (χ3v) is 4.12. The number of hydrogen-bond acceptors (Lipinski definition) is 3. The van der Waals surface area contributed by atoms with Crippen molar-refractivity contribution in [2.75, 3.05) is 12.4 Å². The molecule has 0 aromatic carbocycles. The van der Waals surface area contributed by atoms with Crippen LogP contribution in [0.4, 0.5) is 5.82 Å². The number of carbonyl (C=O) groups is 1. The molecule has 2 N–H and O–H groups in total. The number of nitrogens with zero attached hydrogens (tertiary/aromatic N) is 1. The molecule has 0 spiro atoms. The van der Waals surface area contributed by atoms with E-state index in [1.807, 2.05) is 0 Å². The Morgan fingerprint density at radius 2 is 2.16 bits per heavy atom. The number of halogens is 1. The summed E-state index contributed by atoms with van der Waals surface area (Å²) in [6, 6.07) is 1.87. The molecular weight excluding hydrogens is 262 g/mol. The van der Waals surface area contributed by atoms with E-state index in [9.17, 15) is 4.79 Å². The predicted octanol–water partition coefficient (Wildman–Crippen LogP) is 3.09. The molecule has 2 rings (SSSR count). The highest BCUT2D eigenvalue weighted by molar-refractivity contribution is 6.33. The minimum atomic E-state index is -0.122. The van der Waals surface area contributed by atoms with Crippen LogP contribution in [0.25, 0.3) is 0 Å². The SMILES string of the molecule is CNc1cc(C(=O)NC(C)C2CCCC2)c(Cl)cn1. The topological polar surface area (TPSA) is 54.0 Å². The molecule has 1 unspecified atom stereocenters. The van der Waals surface area contributed by atoms with Gasteiger partial charge in [0.25, 0.3) is 5.91 Å². The average Bonchev–Trinajstić information content (AvgIpc) is 2.93. The number of anilines is 1. The van der Waals surface area contributed by atoms with E-state index >= 15 is 0 Å². The lowest BCUT2D eigenvalue weighted by atomic mass is 9.99. The first-order valence-electron chi connectivity index (χ1n) is 6.76. The standard InChI is InChI=1S/C14H20ClN3O/c1-9(10-5-3-4-6-10)18-14(19)11-7-13(16-2)17-8-12(11)15/h7-10H,3-6H2,1-2H3,(H,16,17)(H,18,19). The van der Waals surface area contributed by atoms with Crippen LogP contribution < -0.4 is 10.6 Å². The molecule has 1 aliphatic rings. The highest BCUT2D eigenvalue weighted by Crippen LogP contribution is 2.28. The molecule has 0 bridgehead atoms. The summed E-state index contributed by atoms with van der Waals surface area (Å²) in [6.07, 6.45) is 6.44. The van der Waals surface area contributed by atoms with Crippen LogP contribution in [0.3, 0.4) is 0 Å². The number of aromatic nitrogens is 1. The fourth-order valence-electron chi connectivity index (χ4n) is 2.61. The molecule has 5 heteroatoms. The number of nitrogens with one attached hydrogen (secondary N) is 2. The van der Waals surface area contributed by atoms with E-state index in [-0.39, 0.29) is 11.9 Å². The van der Waals surface area contributed by atoms with Gasteiger partial charge in [0.15, 0.2) is 0 Å². The maximum absolute atomic E-state index is 12.2. The van der Waals surface area contributed by atoms with Crippen LogP contribution in [0.15, 0.2) is 12.3 Å². The second kappa shape index (κ2) is 6.24. The van der Waals surface area contributed by atoms with E-state index in [0.717, 1.165) is 0 Å². The summed E-state index contributed by atoms with van der Waals surface area (Å²) in [5.74, 6) is 1.11. The van der Waals surface area contributed by atoms with Crippen molar-refractivity contribution in [2.45, 2.75) is 38.6 Å². The molecule has 19 heavy (non-hydrogen) atoms. The van der Waals surface area contributed by atoms with Crippen molar-refractivity contribution in [3.8, 4) is 0 Å². The molecule has 104 valence electrons. The maximum Gasteiger partial charge on any atom is 0.253 e. The van der Waals surface area contributed by atoms with Crippen LogP contribution in [-0.2, 0) is 0 Å². The van der Waals surface area contributed by atoms with E-state index in [0.29, 0.717) is 22.3 Å². The summed E-state index contributed by atoms with van der Waals surface area (Å²) in [4.78, 5) is 16.3. The Kier molecular flexibility index (Phi) is 4.64. The van der Waals surface area contributed by atoms with E-state index in [1.54, 1.807) is 13.1 Å². The van der Waals surface area contributed by atoms with Crippen molar-refractivity contribution in [2.24, 2.45) is 5.92 Å². The fraction of sp³-hybridized carbons (Fsp3) is 0.571. The molecule has 1 atom stereocenters. The second-order valence-electron chi connectivity index (χ2n) is 5.11. The van der Waals surface area contributed by atoms with Crippen LogP contribution in [0.5, 0.6) is 0 Å². The lowest BCUT2D eigenvalue weighted by Crippen LogP contribution is -2.37. The van der Waals surface area contributed by atoms with Gasteiger partial charge in [-0.05, 0) is 31.7 Å². The lowest BCUT2D eigenvalue weighted by molar-refractivity contribution is 0.0927. The molecule has 4 nitrogen and oxygen atoms in total. The highest BCUT2D eigenvalue weighted by Gasteiger charge is 2.23. The Hall–Kier alpha value is -1.29. The Balaban J connectivity index is 2.06. The first kappa shape index (κ1) is 14.1. The van der Waals surface area contributed by atoms with Gasteiger partial charge in [0.05, 0.1) is 10.6 Å². The van der Waals surface area contributed by atoms with E-state index < -0.39 is 0 Å². The number of hydrogen-bond donors (Lipinski definition) is 2. The number of rotatable bonds is 4. The van der Waals surface area contributed by atoms with Gasteiger partial charge in [-0.25, -0.2) is 4.98 Å². The first-order valence-corrected chi connectivity index (χ1v) is 7.13. The molecule has 0 saturated heterocycles. The number of carbonyl (C=O) groups excluding carboxylic acids is 1. The van der Waals surface area contributed by atoms with Crippen LogP contribution in [0.2, 0.25) is 5.02 Å². The van der Waals surface area contributed by atoms with Gasteiger partial charge in [0.1, 0.15) is 5.82 Å². The average molecular weight is 282 g/mol. The summed E-state index contributed by atoms with van der Waals surface area (Å²) in [7, 11) is 1.76. The minimum Gasteiger partial charge on any atom is -0.373 e. The van der Waals surface area contributed by atoms with Crippen LogP contribution in [0, 0.1) is 5.92 Å². The van der Waals surface area contributed by atoms with Gasteiger partial charge in [0, 0.05) is 19.3 Å². The highest BCUT2D eigenvalue weighted by atomic mass is 35.5.